The van der Waals surface area contributed by atoms with Gasteiger partial charge in [0.1, 0.15) is 10.8 Å². The third kappa shape index (κ3) is 4.35. The van der Waals surface area contributed by atoms with E-state index in [1.807, 2.05) is 0 Å². The number of aromatic nitrogens is 1. The fourth-order valence-corrected chi connectivity index (χ4v) is 4.47. The number of pyridine rings is 1. The molecule has 1 saturated heterocycles. The van der Waals surface area contributed by atoms with Crippen LogP contribution in [-0.4, -0.2) is 43.3 Å². The smallest absolute Gasteiger partial charge is 0.274 e. The molecule has 1 aliphatic heterocycles. The van der Waals surface area contributed by atoms with Crippen LogP contribution in [0.4, 0.5) is 0 Å². The van der Waals surface area contributed by atoms with Gasteiger partial charge in [-0.2, -0.15) is 0 Å². The Morgan fingerprint density at radius 2 is 1.73 bits per heavy atom. The normalized spacial score (nSPS) is 15.8. The topological polar surface area (TPSA) is 79.4 Å². The highest BCUT2D eigenvalue weighted by Crippen LogP contribution is 2.21. The largest absolute Gasteiger partial charge is 0.337 e. The lowest BCUT2D eigenvalue weighted by Crippen LogP contribution is -2.46. The second-order valence-corrected chi connectivity index (χ2v) is 8.47. The molecule has 1 amide bonds. The number of nitrogens with zero attached hydrogens (tertiary/aromatic N) is 2. The molecular weight excluding hydrogens is 397 g/mol. The van der Waals surface area contributed by atoms with Crippen LogP contribution in [0.3, 0.4) is 0 Å². The molecule has 3 rings (SSSR count). The first-order chi connectivity index (χ1) is 12.4. The second kappa shape index (κ2) is 7.92. The lowest BCUT2D eigenvalue weighted by atomic mass is 10.1. The average Bonchev–Trinajstić information content (AvgIpc) is 2.64. The van der Waals surface area contributed by atoms with E-state index in [2.05, 4.69) is 9.71 Å². The summed E-state index contributed by atoms with van der Waals surface area (Å²) in [6.45, 7) is 0.816. The molecule has 138 valence electrons. The highest BCUT2D eigenvalue weighted by Gasteiger charge is 2.28. The van der Waals surface area contributed by atoms with E-state index in [0.717, 1.165) is 0 Å². The van der Waals surface area contributed by atoms with Gasteiger partial charge < -0.3 is 4.90 Å². The SMILES string of the molecule is O=C(c1nc(Cl)ccc1Cl)N1CCC(NS(=O)(=O)c2ccccc2)CC1. The third-order valence-electron chi connectivity index (χ3n) is 4.17. The number of piperidine rings is 1. The molecule has 1 fully saturated rings. The van der Waals surface area contributed by atoms with Gasteiger partial charge in [-0.05, 0) is 37.1 Å². The molecule has 0 bridgehead atoms. The van der Waals surface area contributed by atoms with Crippen molar-refractivity contribution in [2.45, 2.75) is 23.8 Å². The van der Waals surface area contributed by atoms with Gasteiger partial charge in [0.05, 0.1) is 9.92 Å². The number of rotatable bonds is 4. The number of carbonyl (C=O) groups is 1. The van der Waals surface area contributed by atoms with E-state index in [-0.39, 0.29) is 32.7 Å². The van der Waals surface area contributed by atoms with E-state index < -0.39 is 10.0 Å². The van der Waals surface area contributed by atoms with Gasteiger partial charge in [0.15, 0.2) is 0 Å². The second-order valence-electron chi connectivity index (χ2n) is 5.97. The van der Waals surface area contributed by atoms with Crippen LogP contribution in [0.2, 0.25) is 10.2 Å². The summed E-state index contributed by atoms with van der Waals surface area (Å²) < 4.78 is 27.5. The minimum absolute atomic E-state index is 0.113. The molecule has 0 saturated carbocycles. The number of sulfonamides is 1. The Bertz CT molecular complexity index is 899. The molecule has 0 radical (unpaired) electrons. The van der Waals surface area contributed by atoms with E-state index in [4.69, 9.17) is 23.2 Å². The Labute approximate surface area is 162 Å². The van der Waals surface area contributed by atoms with Crippen molar-refractivity contribution in [1.29, 1.82) is 0 Å². The number of amides is 1. The molecule has 0 unspecified atom stereocenters. The summed E-state index contributed by atoms with van der Waals surface area (Å²) in [6, 6.07) is 11.0. The molecule has 6 nitrogen and oxygen atoms in total. The van der Waals surface area contributed by atoms with Gasteiger partial charge in [0.25, 0.3) is 5.91 Å². The van der Waals surface area contributed by atoms with Crippen molar-refractivity contribution in [3.8, 4) is 0 Å². The summed E-state index contributed by atoms with van der Waals surface area (Å²) in [7, 11) is -3.57. The Morgan fingerprint density at radius 3 is 2.38 bits per heavy atom. The number of hydrogen-bond acceptors (Lipinski definition) is 4. The van der Waals surface area contributed by atoms with Crippen LogP contribution in [-0.2, 0) is 10.0 Å². The molecule has 9 heteroatoms. The molecule has 1 aromatic carbocycles. The quantitative estimate of drug-likeness (QED) is 0.781. The number of carbonyl (C=O) groups excluding carboxylic acids is 1. The van der Waals surface area contributed by atoms with Gasteiger partial charge in [-0.25, -0.2) is 18.1 Å². The van der Waals surface area contributed by atoms with Crippen molar-refractivity contribution in [2.24, 2.45) is 0 Å². The zero-order chi connectivity index (χ0) is 18.7. The maximum Gasteiger partial charge on any atom is 0.274 e. The Kier molecular flexibility index (Phi) is 5.82. The molecule has 2 aromatic rings. The summed E-state index contributed by atoms with van der Waals surface area (Å²) in [5.74, 6) is -0.304. The highest BCUT2D eigenvalue weighted by atomic mass is 35.5. The van der Waals surface area contributed by atoms with Crippen LogP contribution in [0.5, 0.6) is 0 Å². The van der Waals surface area contributed by atoms with Crippen molar-refractivity contribution >= 4 is 39.1 Å². The fraction of sp³-hybridized carbons (Fsp3) is 0.294. The van der Waals surface area contributed by atoms with E-state index in [9.17, 15) is 13.2 Å². The molecule has 0 aliphatic carbocycles. The number of benzene rings is 1. The Morgan fingerprint density at radius 1 is 1.08 bits per heavy atom. The number of hydrogen-bond donors (Lipinski definition) is 1. The molecule has 1 aliphatic rings. The van der Waals surface area contributed by atoms with Crippen LogP contribution >= 0.6 is 23.2 Å². The Hall–Kier alpha value is -1.67. The van der Waals surface area contributed by atoms with Gasteiger partial charge in [-0.1, -0.05) is 41.4 Å². The predicted molar refractivity (Wildman–Crippen MR) is 99.9 cm³/mol. The summed E-state index contributed by atoms with van der Waals surface area (Å²) in [5.41, 5.74) is 0.113. The summed E-state index contributed by atoms with van der Waals surface area (Å²) in [6.07, 6.45) is 1.02. The van der Waals surface area contributed by atoms with Crippen LogP contribution in [0.1, 0.15) is 23.3 Å². The first-order valence-electron chi connectivity index (χ1n) is 8.05. The average molecular weight is 414 g/mol. The van der Waals surface area contributed by atoms with Crippen molar-refractivity contribution in [3.05, 3.63) is 58.3 Å². The van der Waals surface area contributed by atoms with Crippen LogP contribution in [0, 0.1) is 0 Å². The molecule has 1 N–H and O–H groups in total. The first-order valence-corrected chi connectivity index (χ1v) is 10.3. The minimum Gasteiger partial charge on any atom is -0.337 e. The van der Waals surface area contributed by atoms with Crippen LogP contribution in [0.25, 0.3) is 0 Å². The zero-order valence-electron chi connectivity index (χ0n) is 13.7. The Balaban J connectivity index is 1.62. The van der Waals surface area contributed by atoms with Crippen LogP contribution in [0.15, 0.2) is 47.4 Å². The number of nitrogens with one attached hydrogen (secondary N) is 1. The standard InChI is InChI=1S/C17H17Cl2N3O3S/c18-14-6-7-15(19)20-16(14)17(23)22-10-8-12(9-11-22)21-26(24,25)13-4-2-1-3-5-13/h1-7,12,21H,8-11H2. The monoisotopic (exact) mass is 413 g/mol. The minimum atomic E-state index is -3.57. The van der Waals surface area contributed by atoms with E-state index in [0.29, 0.717) is 25.9 Å². The van der Waals surface area contributed by atoms with Crippen molar-refractivity contribution in [2.75, 3.05) is 13.1 Å². The third-order valence-corrected chi connectivity index (χ3v) is 6.22. The van der Waals surface area contributed by atoms with Crippen molar-refractivity contribution < 1.29 is 13.2 Å². The predicted octanol–water partition coefficient (Wildman–Crippen LogP) is 2.97. The van der Waals surface area contributed by atoms with E-state index in [1.165, 1.54) is 12.1 Å². The summed E-state index contributed by atoms with van der Waals surface area (Å²) in [5, 5.41) is 0.439. The molecule has 26 heavy (non-hydrogen) atoms. The van der Waals surface area contributed by atoms with E-state index in [1.54, 1.807) is 35.2 Å². The molecular formula is C17H17Cl2N3O3S. The summed E-state index contributed by atoms with van der Waals surface area (Å²) >= 11 is 11.9. The van der Waals surface area contributed by atoms with Gasteiger partial charge in [0, 0.05) is 19.1 Å². The van der Waals surface area contributed by atoms with Crippen molar-refractivity contribution in [1.82, 2.24) is 14.6 Å². The maximum atomic E-state index is 12.6. The maximum absolute atomic E-state index is 12.6. The van der Waals surface area contributed by atoms with Gasteiger partial charge in [0.2, 0.25) is 10.0 Å². The lowest BCUT2D eigenvalue weighted by Gasteiger charge is -2.32. The van der Waals surface area contributed by atoms with Crippen LogP contribution < -0.4 is 4.72 Å². The molecule has 1 aromatic heterocycles. The van der Waals surface area contributed by atoms with Gasteiger partial charge >= 0.3 is 0 Å². The van der Waals surface area contributed by atoms with Gasteiger partial charge in [-0.3, -0.25) is 4.79 Å². The molecule has 0 spiro atoms. The summed E-state index contributed by atoms with van der Waals surface area (Å²) in [4.78, 5) is 18.4. The number of halogens is 2. The van der Waals surface area contributed by atoms with E-state index >= 15 is 0 Å². The van der Waals surface area contributed by atoms with Crippen molar-refractivity contribution in [3.63, 3.8) is 0 Å². The molecule has 0 atom stereocenters. The lowest BCUT2D eigenvalue weighted by molar-refractivity contribution is 0.0705. The highest BCUT2D eigenvalue weighted by molar-refractivity contribution is 7.89. The first kappa shape index (κ1) is 19.1. The number of likely N-dealkylation sites (tertiary alicyclic amines) is 1. The zero-order valence-corrected chi connectivity index (χ0v) is 16.1. The molecule has 2 heterocycles. The van der Waals surface area contributed by atoms with Gasteiger partial charge in [-0.15, -0.1) is 0 Å². The fourth-order valence-electron chi connectivity index (χ4n) is 2.81.